The Bertz CT molecular complexity index is 512. The number of aromatic hydroxyl groups is 1. The number of hydrogen-bond donors (Lipinski definition) is 2. The lowest BCUT2D eigenvalue weighted by atomic mass is 10.00. The van der Waals surface area contributed by atoms with Crippen LogP contribution in [0.4, 0.5) is 0 Å². The third-order valence-corrected chi connectivity index (χ3v) is 3.52. The van der Waals surface area contributed by atoms with Gasteiger partial charge in [-0.1, -0.05) is 12.1 Å². The fourth-order valence-electron chi connectivity index (χ4n) is 2.42. The lowest BCUT2D eigenvalue weighted by Gasteiger charge is -2.33. The number of hydrogen-bond acceptors (Lipinski definition) is 3. The molecule has 5 nitrogen and oxygen atoms in total. The second-order valence-electron chi connectivity index (χ2n) is 4.82. The number of likely N-dealkylation sites (tertiary alicyclic amines) is 1. The van der Waals surface area contributed by atoms with Crippen LogP contribution < -0.4 is 0 Å². The number of piperidine rings is 1. The highest BCUT2D eigenvalue weighted by atomic mass is 16.4. The van der Waals surface area contributed by atoms with E-state index in [1.165, 1.54) is 11.0 Å². The van der Waals surface area contributed by atoms with Crippen LogP contribution in [0.15, 0.2) is 18.2 Å². The Hall–Kier alpha value is -2.04. The normalized spacial score (nSPS) is 19.2. The van der Waals surface area contributed by atoms with Crippen LogP contribution in [0.2, 0.25) is 0 Å². The van der Waals surface area contributed by atoms with Crippen molar-refractivity contribution < 1.29 is 19.8 Å². The van der Waals surface area contributed by atoms with Crippen LogP contribution in [0.3, 0.4) is 0 Å². The Kier molecular flexibility index (Phi) is 3.74. The number of aryl methyl sites for hydroxylation is 1. The van der Waals surface area contributed by atoms with E-state index >= 15 is 0 Å². The number of carbonyl (C=O) groups excluding carboxylic acids is 1. The summed E-state index contributed by atoms with van der Waals surface area (Å²) in [5, 5.41) is 19.1. The maximum atomic E-state index is 12.4. The number of benzene rings is 1. The third kappa shape index (κ3) is 2.54. The highest BCUT2D eigenvalue weighted by molar-refractivity contribution is 5.99. The average Bonchev–Trinajstić information content (AvgIpc) is 2.41. The summed E-state index contributed by atoms with van der Waals surface area (Å²) in [5.41, 5.74) is 0.780. The molecule has 0 spiro atoms. The van der Waals surface area contributed by atoms with Gasteiger partial charge in [-0.15, -0.1) is 0 Å². The Morgan fingerprint density at radius 1 is 1.32 bits per heavy atom. The molecule has 1 heterocycles. The van der Waals surface area contributed by atoms with Gasteiger partial charge in [-0.2, -0.15) is 0 Å². The van der Waals surface area contributed by atoms with E-state index < -0.39 is 17.9 Å². The van der Waals surface area contributed by atoms with Gasteiger partial charge in [-0.05, 0) is 37.8 Å². The van der Waals surface area contributed by atoms with Gasteiger partial charge in [-0.25, -0.2) is 4.79 Å². The standard InChI is InChI=1S/C14H17NO4/c1-9-5-4-6-10(12(9)16)13(17)15-8-3-2-7-11(15)14(18)19/h4-6,11,16H,2-3,7-8H2,1H3,(H,18,19)/t11-/m1/s1. The van der Waals surface area contributed by atoms with Gasteiger partial charge in [0.05, 0.1) is 5.56 Å². The van der Waals surface area contributed by atoms with Gasteiger partial charge in [0.2, 0.25) is 0 Å². The number of nitrogens with zero attached hydrogens (tertiary/aromatic N) is 1. The first-order valence-corrected chi connectivity index (χ1v) is 6.34. The van der Waals surface area contributed by atoms with E-state index in [0.29, 0.717) is 18.5 Å². The molecule has 1 amide bonds. The molecule has 2 rings (SSSR count). The van der Waals surface area contributed by atoms with Crippen molar-refractivity contribution in [3.8, 4) is 5.75 Å². The molecule has 0 saturated carbocycles. The van der Waals surface area contributed by atoms with Gasteiger partial charge in [-0.3, -0.25) is 4.79 Å². The molecular weight excluding hydrogens is 246 g/mol. The fraction of sp³-hybridized carbons (Fsp3) is 0.429. The van der Waals surface area contributed by atoms with E-state index in [2.05, 4.69) is 0 Å². The van der Waals surface area contributed by atoms with Crippen molar-refractivity contribution in [3.05, 3.63) is 29.3 Å². The molecule has 1 fully saturated rings. The van der Waals surface area contributed by atoms with E-state index in [-0.39, 0.29) is 11.3 Å². The molecule has 0 unspecified atom stereocenters. The molecule has 102 valence electrons. The van der Waals surface area contributed by atoms with E-state index in [0.717, 1.165) is 12.8 Å². The van der Waals surface area contributed by atoms with Crippen LogP contribution in [0.1, 0.15) is 35.2 Å². The number of carboxylic acids is 1. The molecule has 2 N–H and O–H groups in total. The first kappa shape index (κ1) is 13.4. The minimum absolute atomic E-state index is 0.0674. The number of amides is 1. The number of phenolic OH excluding ortho intramolecular Hbond substituents is 1. The van der Waals surface area contributed by atoms with E-state index in [4.69, 9.17) is 0 Å². The van der Waals surface area contributed by atoms with Gasteiger partial charge in [0.25, 0.3) is 5.91 Å². The highest BCUT2D eigenvalue weighted by Gasteiger charge is 2.33. The summed E-state index contributed by atoms with van der Waals surface area (Å²) in [7, 11) is 0. The first-order valence-electron chi connectivity index (χ1n) is 6.34. The van der Waals surface area contributed by atoms with Gasteiger partial charge >= 0.3 is 5.97 Å². The van der Waals surface area contributed by atoms with Crippen molar-refractivity contribution in [2.45, 2.75) is 32.2 Å². The molecule has 1 saturated heterocycles. The summed E-state index contributed by atoms with van der Waals surface area (Å²) in [6, 6.07) is 4.12. The summed E-state index contributed by atoms with van der Waals surface area (Å²) < 4.78 is 0. The second kappa shape index (κ2) is 5.30. The molecule has 0 radical (unpaired) electrons. The van der Waals surface area contributed by atoms with Crippen molar-refractivity contribution in [1.29, 1.82) is 0 Å². The first-order chi connectivity index (χ1) is 9.02. The SMILES string of the molecule is Cc1cccc(C(=O)N2CCCC[C@@H]2C(=O)O)c1O. The molecule has 1 aromatic rings. The van der Waals surface area contributed by atoms with E-state index in [1.807, 2.05) is 0 Å². The monoisotopic (exact) mass is 263 g/mol. The summed E-state index contributed by atoms with van der Waals surface area (Å²) in [6.07, 6.45) is 2.07. The lowest BCUT2D eigenvalue weighted by molar-refractivity contribution is -0.143. The van der Waals surface area contributed by atoms with Crippen LogP contribution >= 0.6 is 0 Å². The highest BCUT2D eigenvalue weighted by Crippen LogP contribution is 2.26. The van der Waals surface area contributed by atoms with Crippen LogP contribution in [0.25, 0.3) is 0 Å². The number of carboxylic acid groups (broad SMARTS) is 1. The number of para-hydroxylation sites is 1. The van der Waals surface area contributed by atoms with Crippen molar-refractivity contribution >= 4 is 11.9 Å². The van der Waals surface area contributed by atoms with Crippen molar-refractivity contribution in [2.24, 2.45) is 0 Å². The van der Waals surface area contributed by atoms with Gasteiger partial charge in [0.1, 0.15) is 11.8 Å². The molecule has 1 aliphatic heterocycles. The quantitative estimate of drug-likeness (QED) is 0.852. The van der Waals surface area contributed by atoms with Gasteiger partial charge in [0, 0.05) is 6.54 Å². The predicted molar refractivity (Wildman–Crippen MR) is 69.2 cm³/mol. The molecule has 19 heavy (non-hydrogen) atoms. The minimum atomic E-state index is -0.986. The Morgan fingerprint density at radius 2 is 2.05 bits per heavy atom. The summed E-state index contributed by atoms with van der Waals surface area (Å²) in [6.45, 7) is 2.13. The zero-order valence-electron chi connectivity index (χ0n) is 10.8. The molecule has 5 heteroatoms. The minimum Gasteiger partial charge on any atom is -0.507 e. The van der Waals surface area contributed by atoms with Crippen LogP contribution in [0.5, 0.6) is 5.75 Å². The van der Waals surface area contributed by atoms with Crippen molar-refractivity contribution in [1.82, 2.24) is 4.90 Å². The van der Waals surface area contributed by atoms with Crippen LogP contribution in [0, 0.1) is 6.92 Å². The summed E-state index contributed by atoms with van der Waals surface area (Å²) in [5.74, 6) is -1.46. The van der Waals surface area contributed by atoms with Crippen molar-refractivity contribution in [3.63, 3.8) is 0 Å². The molecular formula is C14H17NO4. The van der Waals surface area contributed by atoms with Crippen molar-refractivity contribution in [2.75, 3.05) is 6.54 Å². The van der Waals surface area contributed by atoms with E-state index in [9.17, 15) is 19.8 Å². The fourth-order valence-corrected chi connectivity index (χ4v) is 2.42. The Labute approximate surface area is 111 Å². The predicted octanol–water partition coefficient (Wildman–Crippen LogP) is 1.78. The maximum absolute atomic E-state index is 12.4. The topological polar surface area (TPSA) is 77.8 Å². The molecule has 1 aliphatic rings. The zero-order chi connectivity index (χ0) is 14.0. The average molecular weight is 263 g/mol. The Balaban J connectivity index is 2.31. The van der Waals surface area contributed by atoms with Crippen LogP contribution in [-0.4, -0.2) is 39.6 Å². The Morgan fingerprint density at radius 3 is 2.74 bits per heavy atom. The summed E-state index contributed by atoms with van der Waals surface area (Å²) >= 11 is 0. The second-order valence-corrected chi connectivity index (χ2v) is 4.82. The van der Waals surface area contributed by atoms with E-state index in [1.54, 1.807) is 19.1 Å². The molecule has 0 bridgehead atoms. The van der Waals surface area contributed by atoms with Gasteiger partial charge < -0.3 is 15.1 Å². The maximum Gasteiger partial charge on any atom is 0.326 e. The number of aliphatic carboxylic acids is 1. The number of rotatable bonds is 2. The zero-order valence-corrected chi connectivity index (χ0v) is 10.8. The number of carbonyl (C=O) groups is 2. The number of phenols is 1. The molecule has 1 atom stereocenters. The van der Waals surface area contributed by atoms with Gasteiger partial charge in [0.15, 0.2) is 0 Å². The molecule has 0 aromatic heterocycles. The lowest BCUT2D eigenvalue weighted by Crippen LogP contribution is -2.48. The molecule has 1 aromatic carbocycles. The van der Waals surface area contributed by atoms with Crippen LogP contribution in [-0.2, 0) is 4.79 Å². The molecule has 0 aliphatic carbocycles. The third-order valence-electron chi connectivity index (χ3n) is 3.52. The summed E-state index contributed by atoms with van der Waals surface area (Å²) in [4.78, 5) is 24.9. The largest absolute Gasteiger partial charge is 0.507 e. The smallest absolute Gasteiger partial charge is 0.326 e.